The normalized spacial score (nSPS) is 16.6. The van der Waals surface area contributed by atoms with Gasteiger partial charge >= 0.3 is 0 Å². The maximum atomic E-state index is 15.0. The molecule has 3 aromatic carbocycles. The van der Waals surface area contributed by atoms with E-state index in [9.17, 15) is 9.59 Å². The first-order valence-electron chi connectivity index (χ1n) is 11.6. The maximum absolute atomic E-state index is 15.0. The molecule has 0 saturated carbocycles. The minimum atomic E-state index is -0.932. The molecule has 0 bridgehead atoms. The van der Waals surface area contributed by atoms with Gasteiger partial charge in [-0.1, -0.05) is 18.2 Å². The van der Waals surface area contributed by atoms with E-state index in [0.717, 1.165) is 5.56 Å². The van der Waals surface area contributed by atoms with E-state index in [4.69, 9.17) is 18.9 Å². The van der Waals surface area contributed by atoms with Crippen molar-refractivity contribution in [1.29, 1.82) is 0 Å². The second-order valence-electron chi connectivity index (χ2n) is 8.55. The van der Waals surface area contributed by atoms with Crippen LogP contribution in [0.5, 0.6) is 23.0 Å². The molecule has 0 aromatic heterocycles. The molecule has 194 valence electrons. The highest BCUT2D eigenvalue weighted by atomic mass is 19.1. The molecule has 1 N–H and O–H groups in total. The van der Waals surface area contributed by atoms with Crippen LogP contribution in [0.4, 0.5) is 4.39 Å². The van der Waals surface area contributed by atoms with Gasteiger partial charge < -0.3 is 29.2 Å². The minimum absolute atomic E-state index is 0.146. The Morgan fingerprint density at radius 3 is 2.22 bits per heavy atom. The molecule has 8 nitrogen and oxygen atoms in total. The van der Waals surface area contributed by atoms with Gasteiger partial charge in [0.05, 0.1) is 40.4 Å². The third-order valence-corrected chi connectivity index (χ3v) is 6.63. The molecule has 1 aliphatic heterocycles. The third kappa shape index (κ3) is 4.76. The molecule has 0 fully saturated rings. The van der Waals surface area contributed by atoms with Gasteiger partial charge in [0, 0.05) is 36.3 Å². The predicted octanol–water partition coefficient (Wildman–Crippen LogP) is 4.09. The Morgan fingerprint density at radius 1 is 0.892 bits per heavy atom. The summed E-state index contributed by atoms with van der Waals surface area (Å²) in [6.45, 7) is 0.146. The Labute approximate surface area is 214 Å². The van der Waals surface area contributed by atoms with E-state index in [1.807, 2.05) is 0 Å². The molecule has 0 radical (unpaired) electrons. The molecule has 37 heavy (non-hydrogen) atoms. The van der Waals surface area contributed by atoms with E-state index in [1.54, 1.807) is 62.7 Å². The van der Waals surface area contributed by atoms with Crippen molar-refractivity contribution in [2.45, 2.75) is 18.5 Å². The lowest BCUT2D eigenvalue weighted by atomic mass is 9.79. The summed E-state index contributed by atoms with van der Waals surface area (Å²) >= 11 is 0. The molecule has 2 amide bonds. The second kappa shape index (κ2) is 10.8. The average molecular weight is 509 g/mol. The van der Waals surface area contributed by atoms with Crippen LogP contribution in [0.3, 0.4) is 0 Å². The highest BCUT2D eigenvalue weighted by Crippen LogP contribution is 2.46. The molecule has 0 saturated heterocycles. The quantitative estimate of drug-likeness (QED) is 0.494. The number of nitrogens with one attached hydrogen (secondary N) is 1. The van der Waals surface area contributed by atoms with E-state index in [2.05, 4.69) is 5.32 Å². The predicted molar refractivity (Wildman–Crippen MR) is 135 cm³/mol. The summed E-state index contributed by atoms with van der Waals surface area (Å²) in [5, 5.41) is 2.95. The second-order valence-corrected chi connectivity index (χ2v) is 8.55. The smallest absolute Gasteiger partial charge is 0.254 e. The molecule has 1 aliphatic rings. The maximum Gasteiger partial charge on any atom is 0.254 e. The lowest BCUT2D eigenvalue weighted by Crippen LogP contribution is -2.45. The summed E-state index contributed by atoms with van der Waals surface area (Å²) in [7, 11) is 7.59. The van der Waals surface area contributed by atoms with Gasteiger partial charge in [0.2, 0.25) is 5.91 Å². The standard InChI is InChI=1S/C28H29FN2O6/c1-31-26(18-8-6-7-9-21(18)29)25(19-13-23(36-4)24(37-5)14-20(19)28(31)33)27(32)30-15-16-10-11-17(34-2)12-22(16)35-3/h6-14,25-26H,15H2,1-5H3,(H,30,32)/t25-,26-/m1/s1. The SMILES string of the molecule is COc1ccc(CNC(=O)[C@@H]2c3cc(OC)c(OC)cc3C(=O)N(C)[C@@H]2c2ccccc2F)c(OC)c1. The van der Waals surface area contributed by atoms with Crippen LogP contribution in [0.15, 0.2) is 54.6 Å². The number of nitrogens with zero attached hydrogens (tertiary/aromatic N) is 1. The number of fused-ring (bicyclic) bond motifs is 1. The van der Waals surface area contributed by atoms with Crippen LogP contribution >= 0.6 is 0 Å². The largest absolute Gasteiger partial charge is 0.497 e. The van der Waals surface area contributed by atoms with Gasteiger partial charge in [0.25, 0.3) is 5.91 Å². The number of hydrogen-bond donors (Lipinski definition) is 1. The minimum Gasteiger partial charge on any atom is -0.497 e. The van der Waals surface area contributed by atoms with E-state index in [1.165, 1.54) is 32.3 Å². The Morgan fingerprint density at radius 2 is 1.57 bits per heavy atom. The first kappa shape index (κ1) is 25.8. The summed E-state index contributed by atoms with van der Waals surface area (Å²) in [5.41, 5.74) is 1.68. The molecule has 1 heterocycles. The molecular weight excluding hydrogens is 479 g/mol. The first-order valence-corrected chi connectivity index (χ1v) is 11.6. The zero-order valence-electron chi connectivity index (χ0n) is 21.3. The van der Waals surface area contributed by atoms with Crippen LogP contribution in [-0.2, 0) is 11.3 Å². The van der Waals surface area contributed by atoms with Crippen molar-refractivity contribution in [3.63, 3.8) is 0 Å². The average Bonchev–Trinajstić information content (AvgIpc) is 2.93. The third-order valence-electron chi connectivity index (χ3n) is 6.63. The molecule has 3 aromatic rings. The van der Waals surface area contributed by atoms with Crippen molar-refractivity contribution in [2.24, 2.45) is 0 Å². The van der Waals surface area contributed by atoms with Gasteiger partial charge in [-0.15, -0.1) is 0 Å². The van der Waals surface area contributed by atoms with Crippen LogP contribution in [0.25, 0.3) is 0 Å². The van der Waals surface area contributed by atoms with Crippen molar-refractivity contribution in [2.75, 3.05) is 35.5 Å². The molecule has 0 aliphatic carbocycles. The van der Waals surface area contributed by atoms with Crippen LogP contribution in [0, 0.1) is 5.82 Å². The molecule has 9 heteroatoms. The van der Waals surface area contributed by atoms with Crippen molar-refractivity contribution in [3.8, 4) is 23.0 Å². The van der Waals surface area contributed by atoms with Gasteiger partial charge in [0.1, 0.15) is 17.3 Å². The Bertz CT molecular complexity index is 1330. The van der Waals surface area contributed by atoms with Crippen LogP contribution in [-0.4, -0.2) is 52.2 Å². The van der Waals surface area contributed by atoms with Crippen LogP contribution in [0.1, 0.15) is 39.0 Å². The first-order chi connectivity index (χ1) is 17.8. The van der Waals surface area contributed by atoms with Crippen molar-refractivity contribution in [1.82, 2.24) is 10.2 Å². The number of likely N-dealkylation sites (N-methyl/N-ethyl adjacent to an activating group) is 1. The summed E-state index contributed by atoms with van der Waals surface area (Å²) in [6, 6.07) is 13.7. The van der Waals surface area contributed by atoms with Gasteiger partial charge in [0.15, 0.2) is 11.5 Å². The lowest BCUT2D eigenvalue weighted by molar-refractivity contribution is -0.124. The Balaban J connectivity index is 1.79. The van der Waals surface area contributed by atoms with Gasteiger partial charge in [-0.3, -0.25) is 9.59 Å². The van der Waals surface area contributed by atoms with E-state index in [-0.39, 0.29) is 29.5 Å². The van der Waals surface area contributed by atoms with E-state index in [0.29, 0.717) is 28.6 Å². The number of halogens is 1. The number of methoxy groups -OCH3 is 4. The van der Waals surface area contributed by atoms with Crippen molar-refractivity contribution >= 4 is 11.8 Å². The summed E-state index contributed by atoms with van der Waals surface area (Å²) in [4.78, 5) is 28.7. The highest BCUT2D eigenvalue weighted by molar-refractivity contribution is 6.02. The lowest BCUT2D eigenvalue weighted by Gasteiger charge is -2.40. The summed E-state index contributed by atoms with van der Waals surface area (Å²) < 4.78 is 36.6. The fraction of sp³-hybridized carbons (Fsp3) is 0.286. The van der Waals surface area contributed by atoms with Gasteiger partial charge in [-0.2, -0.15) is 0 Å². The van der Waals surface area contributed by atoms with Crippen molar-refractivity contribution in [3.05, 3.63) is 82.7 Å². The number of benzene rings is 3. The van der Waals surface area contributed by atoms with Crippen LogP contribution < -0.4 is 24.3 Å². The Hall–Kier alpha value is -4.27. The number of ether oxygens (including phenoxy) is 4. The van der Waals surface area contributed by atoms with Gasteiger partial charge in [-0.05, 0) is 35.9 Å². The van der Waals surface area contributed by atoms with Crippen LogP contribution in [0.2, 0.25) is 0 Å². The number of amides is 2. The number of rotatable bonds is 8. The fourth-order valence-corrected chi connectivity index (χ4v) is 4.73. The zero-order valence-corrected chi connectivity index (χ0v) is 21.3. The number of hydrogen-bond acceptors (Lipinski definition) is 6. The van der Waals surface area contributed by atoms with Crippen molar-refractivity contribution < 1.29 is 32.9 Å². The summed E-state index contributed by atoms with van der Waals surface area (Å²) in [5.74, 6) is -0.301. The monoisotopic (exact) mass is 508 g/mol. The van der Waals surface area contributed by atoms with E-state index < -0.39 is 17.8 Å². The van der Waals surface area contributed by atoms with Gasteiger partial charge in [-0.25, -0.2) is 4.39 Å². The molecule has 0 unspecified atom stereocenters. The highest BCUT2D eigenvalue weighted by Gasteiger charge is 2.44. The zero-order chi connectivity index (χ0) is 26.7. The molecule has 4 rings (SSSR count). The fourth-order valence-electron chi connectivity index (χ4n) is 4.73. The number of carbonyl (C=O) groups excluding carboxylic acids is 2. The summed E-state index contributed by atoms with van der Waals surface area (Å²) in [6.07, 6.45) is 0. The number of carbonyl (C=O) groups is 2. The molecule has 2 atom stereocenters. The van der Waals surface area contributed by atoms with E-state index >= 15 is 4.39 Å². The molecule has 0 spiro atoms. The Kier molecular flexibility index (Phi) is 7.52. The molecular formula is C28H29FN2O6. The topological polar surface area (TPSA) is 86.3 Å².